The number of aromatic amines is 1. The minimum absolute atomic E-state index is 0. The van der Waals surface area contributed by atoms with Crippen molar-refractivity contribution in [3.63, 3.8) is 0 Å². The number of nitrogens with one attached hydrogen (secondary N) is 2. The van der Waals surface area contributed by atoms with Gasteiger partial charge in [-0.2, -0.15) is 0 Å². The van der Waals surface area contributed by atoms with E-state index in [1.807, 2.05) is 25.1 Å². The van der Waals surface area contributed by atoms with Gasteiger partial charge in [0.05, 0.1) is 23.6 Å². The highest BCUT2D eigenvalue weighted by Gasteiger charge is 2.22. The van der Waals surface area contributed by atoms with Crippen LogP contribution in [-0.4, -0.2) is 29.5 Å². The molecule has 162 valence electrons. The van der Waals surface area contributed by atoms with Crippen molar-refractivity contribution < 1.29 is 4.39 Å². The van der Waals surface area contributed by atoms with Crippen LogP contribution in [0.3, 0.4) is 0 Å². The Morgan fingerprint density at radius 2 is 1.91 bits per heavy atom. The Morgan fingerprint density at radius 3 is 2.69 bits per heavy atom. The number of anilines is 1. The number of imidazole rings is 1. The summed E-state index contributed by atoms with van der Waals surface area (Å²) < 4.78 is 16.0. The molecule has 0 amide bonds. The summed E-state index contributed by atoms with van der Waals surface area (Å²) >= 11 is 0. The van der Waals surface area contributed by atoms with E-state index in [2.05, 4.69) is 25.3 Å². The smallest absolute Gasteiger partial charge is 0.269 e. The number of hydrogen-bond acceptors (Lipinski definition) is 6. The predicted octanol–water partition coefficient (Wildman–Crippen LogP) is 4.18. The van der Waals surface area contributed by atoms with E-state index in [-0.39, 0.29) is 17.8 Å². The first-order valence-electron chi connectivity index (χ1n) is 9.84. The summed E-state index contributed by atoms with van der Waals surface area (Å²) in [4.78, 5) is 33.8. The maximum absolute atomic E-state index is 14.5. The van der Waals surface area contributed by atoms with Gasteiger partial charge in [-0.05, 0) is 30.7 Å². The third-order valence-corrected chi connectivity index (χ3v) is 5.14. The van der Waals surface area contributed by atoms with Crippen LogP contribution in [0.2, 0.25) is 0 Å². The van der Waals surface area contributed by atoms with Gasteiger partial charge in [0.25, 0.3) is 5.56 Å². The van der Waals surface area contributed by atoms with Crippen molar-refractivity contribution in [1.82, 2.24) is 29.5 Å². The average molecular weight is 452 g/mol. The van der Waals surface area contributed by atoms with Gasteiger partial charge in [-0.15, -0.1) is 12.4 Å². The molecule has 0 aliphatic rings. The first kappa shape index (κ1) is 21.4. The summed E-state index contributed by atoms with van der Waals surface area (Å²) in [5, 5.41) is 3.30. The van der Waals surface area contributed by atoms with E-state index in [1.165, 1.54) is 17.0 Å². The summed E-state index contributed by atoms with van der Waals surface area (Å²) in [6, 6.07) is 13.2. The SMILES string of the molecule is CCC(Nc1ncnc2[nH]cnc12)c1nc2cccc(F)c2c(=O)n1-c1ccccc1.Cl. The molecular weight excluding hydrogens is 433 g/mol. The lowest BCUT2D eigenvalue weighted by Crippen LogP contribution is -2.28. The standard InChI is InChI=1S/C22H18FN7O.ClH/c1-2-15(28-20-18-19(25-11-24-18)26-12-27-20)21-29-16-10-6-9-14(23)17(16)22(31)30(21)13-7-4-3-5-8-13;/h3-12,15H,2H2,1H3,(H2,24,25,26,27,28);1H. The number of rotatable bonds is 5. The summed E-state index contributed by atoms with van der Waals surface area (Å²) in [6.07, 6.45) is 3.57. The van der Waals surface area contributed by atoms with Crippen molar-refractivity contribution in [2.45, 2.75) is 19.4 Å². The van der Waals surface area contributed by atoms with E-state index in [9.17, 15) is 9.18 Å². The Labute approximate surface area is 188 Å². The van der Waals surface area contributed by atoms with Gasteiger partial charge in [0.15, 0.2) is 11.5 Å². The minimum Gasteiger partial charge on any atom is -0.358 e. The summed E-state index contributed by atoms with van der Waals surface area (Å²) in [5.74, 6) is 0.381. The molecule has 0 saturated heterocycles. The van der Waals surface area contributed by atoms with Gasteiger partial charge < -0.3 is 10.3 Å². The number of halogens is 2. The molecule has 0 spiro atoms. The Balaban J connectivity index is 0.00000245. The Kier molecular flexibility index (Phi) is 5.83. The largest absolute Gasteiger partial charge is 0.358 e. The quantitative estimate of drug-likeness (QED) is 0.415. The van der Waals surface area contributed by atoms with Crippen LogP contribution in [0.25, 0.3) is 27.8 Å². The molecule has 8 nitrogen and oxygen atoms in total. The minimum atomic E-state index is -0.596. The number of fused-ring (bicyclic) bond motifs is 2. The van der Waals surface area contributed by atoms with Crippen molar-refractivity contribution in [3.05, 3.63) is 83.2 Å². The number of aromatic nitrogens is 6. The predicted molar refractivity (Wildman–Crippen MR) is 123 cm³/mol. The van der Waals surface area contributed by atoms with Gasteiger partial charge in [-0.1, -0.05) is 31.2 Å². The third kappa shape index (κ3) is 3.56. The van der Waals surface area contributed by atoms with Crippen LogP contribution in [0, 0.1) is 5.82 Å². The second-order valence-corrected chi connectivity index (χ2v) is 7.01. The average Bonchev–Trinajstić information content (AvgIpc) is 3.27. The molecule has 0 aliphatic heterocycles. The normalized spacial score (nSPS) is 11.9. The van der Waals surface area contributed by atoms with E-state index in [4.69, 9.17) is 4.98 Å². The van der Waals surface area contributed by atoms with Crippen molar-refractivity contribution in [1.29, 1.82) is 0 Å². The van der Waals surface area contributed by atoms with Gasteiger partial charge in [-0.25, -0.2) is 24.3 Å². The molecule has 5 rings (SSSR count). The Hall–Kier alpha value is -3.85. The van der Waals surface area contributed by atoms with E-state index in [1.54, 1.807) is 30.6 Å². The first-order chi connectivity index (χ1) is 15.2. The fourth-order valence-corrected chi connectivity index (χ4v) is 3.65. The van der Waals surface area contributed by atoms with Crippen molar-refractivity contribution in [3.8, 4) is 5.69 Å². The molecule has 3 heterocycles. The third-order valence-electron chi connectivity index (χ3n) is 5.14. The molecule has 10 heteroatoms. The molecule has 32 heavy (non-hydrogen) atoms. The molecule has 3 aromatic heterocycles. The molecule has 2 aromatic carbocycles. The second kappa shape index (κ2) is 8.72. The molecule has 0 radical (unpaired) electrons. The van der Waals surface area contributed by atoms with E-state index in [0.717, 1.165) is 0 Å². The topological polar surface area (TPSA) is 101 Å². The Bertz CT molecular complexity index is 1450. The van der Waals surface area contributed by atoms with Crippen molar-refractivity contribution in [2.75, 3.05) is 5.32 Å². The molecule has 5 aromatic rings. The van der Waals surface area contributed by atoms with Crippen LogP contribution in [0.5, 0.6) is 0 Å². The van der Waals surface area contributed by atoms with Gasteiger partial charge in [-0.3, -0.25) is 9.36 Å². The highest BCUT2D eigenvalue weighted by Crippen LogP contribution is 2.26. The molecule has 2 N–H and O–H groups in total. The lowest BCUT2D eigenvalue weighted by Gasteiger charge is -2.22. The number of nitrogens with zero attached hydrogens (tertiary/aromatic N) is 5. The van der Waals surface area contributed by atoms with Crippen LogP contribution in [0.4, 0.5) is 10.2 Å². The highest BCUT2D eigenvalue weighted by atomic mass is 35.5. The summed E-state index contributed by atoms with van der Waals surface area (Å²) in [7, 11) is 0. The zero-order valence-electron chi connectivity index (χ0n) is 17.0. The number of benzene rings is 2. The fourth-order valence-electron chi connectivity index (χ4n) is 3.65. The van der Waals surface area contributed by atoms with Crippen LogP contribution < -0.4 is 10.9 Å². The molecule has 0 saturated carbocycles. The highest BCUT2D eigenvalue weighted by molar-refractivity contribution is 5.85. The molecule has 0 aliphatic carbocycles. The van der Waals surface area contributed by atoms with Gasteiger partial charge in [0.2, 0.25) is 0 Å². The zero-order chi connectivity index (χ0) is 21.4. The van der Waals surface area contributed by atoms with Crippen molar-refractivity contribution >= 4 is 40.3 Å². The maximum atomic E-state index is 14.5. The number of para-hydroxylation sites is 1. The number of H-pyrrole nitrogens is 1. The zero-order valence-corrected chi connectivity index (χ0v) is 17.8. The molecule has 1 atom stereocenters. The van der Waals surface area contributed by atoms with Gasteiger partial charge in [0.1, 0.15) is 28.9 Å². The van der Waals surface area contributed by atoms with Gasteiger partial charge >= 0.3 is 0 Å². The molecular formula is C22H19ClFN7O. The van der Waals surface area contributed by atoms with Crippen LogP contribution in [0.1, 0.15) is 25.2 Å². The van der Waals surface area contributed by atoms with Crippen LogP contribution in [0.15, 0.2) is 66.0 Å². The Morgan fingerprint density at radius 1 is 1.09 bits per heavy atom. The van der Waals surface area contributed by atoms with E-state index < -0.39 is 17.4 Å². The summed E-state index contributed by atoms with van der Waals surface area (Å²) in [6.45, 7) is 1.97. The molecule has 0 fully saturated rings. The summed E-state index contributed by atoms with van der Waals surface area (Å²) in [5.41, 5.74) is 1.63. The lowest BCUT2D eigenvalue weighted by molar-refractivity contribution is 0.630. The van der Waals surface area contributed by atoms with E-state index >= 15 is 0 Å². The van der Waals surface area contributed by atoms with Crippen LogP contribution >= 0.6 is 12.4 Å². The maximum Gasteiger partial charge on any atom is 0.269 e. The number of hydrogen-bond donors (Lipinski definition) is 2. The van der Waals surface area contributed by atoms with E-state index in [0.29, 0.717) is 40.4 Å². The molecule has 0 bridgehead atoms. The van der Waals surface area contributed by atoms with Gasteiger partial charge in [0, 0.05) is 0 Å². The monoisotopic (exact) mass is 451 g/mol. The first-order valence-corrected chi connectivity index (χ1v) is 9.84. The lowest BCUT2D eigenvalue weighted by atomic mass is 10.1. The second-order valence-electron chi connectivity index (χ2n) is 7.01. The molecule has 1 unspecified atom stereocenters. The van der Waals surface area contributed by atoms with Crippen molar-refractivity contribution in [2.24, 2.45) is 0 Å². The van der Waals surface area contributed by atoms with Crippen LogP contribution in [-0.2, 0) is 0 Å². The fraction of sp³-hybridized carbons (Fsp3) is 0.136.